The van der Waals surface area contributed by atoms with Crippen LogP contribution in [0.1, 0.15) is 12.8 Å². The summed E-state index contributed by atoms with van der Waals surface area (Å²) < 4.78 is 4.86. The van der Waals surface area contributed by atoms with E-state index in [9.17, 15) is 4.79 Å². The molecule has 1 unspecified atom stereocenters. The molecule has 1 aliphatic heterocycles. The van der Waals surface area contributed by atoms with Gasteiger partial charge in [0.15, 0.2) is 0 Å². The van der Waals surface area contributed by atoms with E-state index in [1.165, 1.54) is 0 Å². The number of carbonyl (C=O) groups excluding carboxylic acids is 1. The number of carbonyl (C=O) groups is 1. The van der Waals surface area contributed by atoms with Gasteiger partial charge < -0.3 is 15.0 Å². The van der Waals surface area contributed by atoms with Gasteiger partial charge in [0.2, 0.25) is 5.91 Å². The summed E-state index contributed by atoms with van der Waals surface area (Å²) in [6.45, 7) is 2.26. The van der Waals surface area contributed by atoms with E-state index in [4.69, 9.17) is 4.74 Å². The minimum absolute atomic E-state index is 0.208. The third-order valence-corrected chi connectivity index (χ3v) is 2.47. The fourth-order valence-electron chi connectivity index (χ4n) is 1.57. The Morgan fingerprint density at radius 3 is 3.00 bits per heavy atom. The molecule has 0 spiro atoms. The molecule has 0 saturated carbocycles. The van der Waals surface area contributed by atoms with Crippen molar-refractivity contribution in [1.29, 1.82) is 0 Å². The Kier molecular flexibility index (Phi) is 4.18. The number of hydrogen-bond donors (Lipinski definition) is 1. The lowest BCUT2D eigenvalue weighted by Crippen LogP contribution is -2.33. The van der Waals surface area contributed by atoms with Crippen molar-refractivity contribution in [3.05, 3.63) is 0 Å². The number of likely N-dealkylation sites (N-methyl/N-ethyl adjacent to an activating group) is 1. The zero-order valence-electron chi connectivity index (χ0n) is 8.38. The standard InChI is InChI=1S/C9H18N2O2/c1-10-8-3-5-11(7-8)9(12)4-6-13-2/h8,10H,3-7H2,1-2H3. The highest BCUT2D eigenvalue weighted by Crippen LogP contribution is 2.09. The number of methoxy groups -OCH3 is 1. The molecule has 1 N–H and O–H groups in total. The van der Waals surface area contributed by atoms with Gasteiger partial charge in [0.05, 0.1) is 13.0 Å². The normalized spacial score (nSPS) is 22.3. The lowest BCUT2D eigenvalue weighted by molar-refractivity contribution is -0.131. The lowest BCUT2D eigenvalue weighted by Gasteiger charge is -2.15. The molecule has 0 bridgehead atoms. The van der Waals surface area contributed by atoms with Crippen molar-refractivity contribution in [3.8, 4) is 0 Å². The highest BCUT2D eigenvalue weighted by molar-refractivity contribution is 5.76. The monoisotopic (exact) mass is 186 g/mol. The number of amides is 1. The Labute approximate surface area is 79.2 Å². The first-order chi connectivity index (χ1) is 6.27. The highest BCUT2D eigenvalue weighted by atomic mass is 16.5. The van der Waals surface area contributed by atoms with Crippen molar-refractivity contribution in [1.82, 2.24) is 10.2 Å². The van der Waals surface area contributed by atoms with Crippen LogP contribution in [0.5, 0.6) is 0 Å². The van der Waals surface area contributed by atoms with Gasteiger partial charge in [0.1, 0.15) is 0 Å². The fraction of sp³-hybridized carbons (Fsp3) is 0.889. The predicted molar refractivity (Wildman–Crippen MR) is 50.5 cm³/mol. The maximum absolute atomic E-state index is 11.5. The van der Waals surface area contributed by atoms with Crippen molar-refractivity contribution >= 4 is 5.91 Å². The Morgan fingerprint density at radius 2 is 2.46 bits per heavy atom. The van der Waals surface area contributed by atoms with E-state index in [0.29, 0.717) is 19.1 Å². The lowest BCUT2D eigenvalue weighted by atomic mass is 10.3. The average Bonchev–Trinajstić information content (AvgIpc) is 2.62. The van der Waals surface area contributed by atoms with E-state index in [0.717, 1.165) is 19.5 Å². The molecule has 4 heteroatoms. The SMILES string of the molecule is CNC1CCN(C(=O)CCOC)C1. The predicted octanol–water partition coefficient (Wildman–Crippen LogP) is -0.157. The molecule has 0 aromatic carbocycles. The van der Waals surface area contributed by atoms with Gasteiger partial charge in [-0.15, -0.1) is 0 Å². The van der Waals surface area contributed by atoms with Gasteiger partial charge in [-0.05, 0) is 13.5 Å². The number of hydrogen-bond acceptors (Lipinski definition) is 3. The van der Waals surface area contributed by atoms with Gasteiger partial charge in [-0.1, -0.05) is 0 Å². The molecule has 1 aliphatic rings. The summed E-state index contributed by atoms with van der Waals surface area (Å²) in [7, 11) is 3.56. The molecule has 1 atom stereocenters. The molecule has 1 rings (SSSR count). The maximum atomic E-state index is 11.5. The van der Waals surface area contributed by atoms with Crippen LogP contribution in [0.2, 0.25) is 0 Å². The van der Waals surface area contributed by atoms with E-state index in [1.807, 2.05) is 11.9 Å². The Bertz CT molecular complexity index is 173. The summed E-state index contributed by atoms with van der Waals surface area (Å²) in [5, 5.41) is 3.18. The second-order valence-electron chi connectivity index (χ2n) is 3.36. The van der Waals surface area contributed by atoms with Crippen LogP contribution in [0.4, 0.5) is 0 Å². The average molecular weight is 186 g/mol. The summed E-state index contributed by atoms with van der Waals surface area (Å²) in [6, 6.07) is 0.478. The quantitative estimate of drug-likeness (QED) is 0.663. The molecule has 1 fully saturated rings. The molecule has 76 valence electrons. The minimum Gasteiger partial charge on any atom is -0.384 e. The fourth-order valence-corrected chi connectivity index (χ4v) is 1.57. The molecule has 0 radical (unpaired) electrons. The van der Waals surface area contributed by atoms with Crippen LogP contribution in [0, 0.1) is 0 Å². The number of nitrogens with zero attached hydrogens (tertiary/aromatic N) is 1. The first kappa shape index (κ1) is 10.5. The van der Waals surface area contributed by atoms with Gasteiger partial charge >= 0.3 is 0 Å². The molecular formula is C9H18N2O2. The first-order valence-corrected chi connectivity index (χ1v) is 4.72. The molecule has 0 aromatic heterocycles. The summed E-state index contributed by atoms with van der Waals surface area (Å²) >= 11 is 0. The van der Waals surface area contributed by atoms with Crippen LogP contribution >= 0.6 is 0 Å². The van der Waals surface area contributed by atoms with Crippen LogP contribution in [0.15, 0.2) is 0 Å². The number of nitrogens with one attached hydrogen (secondary N) is 1. The Hall–Kier alpha value is -0.610. The van der Waals surface area contributed by atoms with E-state index in [2.05, 4.69) is 5.32 Å². The van der Waals surface area contributed by atoms with Crippen LogP contribution in [-0.2, 0) is 9.53 Å². The zero-order valence-corrected chi connectivity index (χ0v) is 8.38. The van der Waals surface area contributed by atoms with Crippen LogP contribution < -0.4 is 5.32 Å². The minimum atomic E-state index is 0.208. The van der Waals surface area contributed by atoms with Crippen LogP contribution in [0.25, 0.3) is 0 Å². The van der Waals surface area contributed by atoms with Gasteiger partial charge in [-0.2, -0.15) is 0 Å². The summed E-state index contributed by atoms with van der Waals surface area (Å²) in [4.78, 5) is 13.4. The molecule has 4 nitrogen and oxygen atoms in total. The number of rotatable bonds is 4. The van der Waals surface area contributed by atoms with Crippen LogP contribution in [-0.4, -0.2) is 50.7 Å². The Morgan fingerprint density at radius 1 is 1.69 bits per heavy atom. The topological polar surface area (TPSA) is 41.6 Å². The number of likely N-dealkylation sites (tertiary alicyclic amines) is 1. The van der Waals surface area contributed by atoms with Gasteiger partial charge in [0.25, 0.3) is 0 Å². The van der Waals surface area contributed by atoms with Gasteiger partial charge in [-0.3, -0.25) is 4.79 Å². The molecule has 1 saturated heterocycles. The molecule has 1 heterocycles. The van der Waals surface area contributed by atoms with E-state index in [1.54, 1.807) is 7.11 Å². The van der Waals surface area contributed by atoms with Gasteiger partial charge in [0, 0.05) is 26.2 Å². The number of ether oxygens (including phenoxy) is 1. The van der Waals surface area contributed by atoms with Crippen molar-refractivity contribution in [2.24, 2.45) is 0 Å². The van der Waals surface area contributed by atoms with Gasteiger partial charge in [-0.25, -0.2) is 0 Å². The first-order valence-electron chi connectivity index (χ1n) is 4.72. The van der Waals surface area contributed by atoms with Crippen molar-refractivity contribution in [3.63, 3.8) is 0 Å². The van der Waals surface area contributed by atoms with Crippen molar-refractivity contribution in [2.75, 3.05) is 33.9 Å². The molecule has 0 aliphatic carbocycles. The summed E-state index contributed by atoms with van der Waals surface area (Å²) in [5.41, 5.74) is 0. The highest BCUT2D eigenvalue weighted by Gasteiger charge is 2.24. The third kappa shape index (κ3) is 2.97. The molecule has 0 aromatic rings. The zero-order chi connectivity index (χ0) is 9.68. The smallest absolute Gasteiger partial charge is 0.224 e. The Balaban J connectivity index is 2.25. The second kappa shape index (κ2) is 5.19. The maximum Gasteiger partial charge on any atom is 0.224 e. The largest absolute Gasteiger partial charge is 0.384 e. The van der Waals surface area contributed by atoms with Crippen molar-refractivity contribution < 1.29 is 9.53 Å². The second-order valence-corrected chi connectivity index (χ2v) is 3.36. The molecule has 13 heavy (non-hydrogen) atoms. The summed E-state index contributed by atoms with van der Waals surface area (Å²) in [5.74, 6) is 0.208. The third-order valence-electron chi connectivity index (χ3n) is 2.47. The molecule has 1 amide bonds. The van der Waals surface area contributed by atoms with Crippen LogP contribution in [0.3, 0.4) is 0 Å². The van der Waals surface area contributed by atoms with E-state index in [-0.39, 0.29) is 5.91 Å². The van der Waals surface area contributed by atoms with E-state index >= 15 is 0 Å². The van der Waals surface area contributed by atoms with Crippen molar-refractivity contribution in [2.45, 2.75) is 18.9 Å². The van der Waals surface area contributed by atoms with E-state index < -0.39 is 0 Å². The summed E-state index contributed by atoms with van der Waals surface area (Å²) in [6.07, 6.45) is 1.57. The molecular weight excluding hydrogens is 168 g/mol.